The van der Waals surface area contributed by atoms with Gasteiger partial charge in [0.2, 0.25) is 5.91 Å². The predicted molar refractivity (Wildman–Crippen MR) is 96.9 cm³/mol. The number of sulfone groups is 1. The predicted octanol–water partition coefficient (Wildman–Crippen LogP) is 2.22. The minimum atomic E-state index is -3.16. The van der Waals surface area contributed by atoms with E-state index in [9.17, 15) is 13.2 Å². The van der Waals surface area contributed by atoms with E-state index in [0.29, 0.717) is 24.5 Å². The molecular weight excluding hydrogens is 342 g/mol. The average molecular weight is 369 g/mol. The van der Waals surface area contributed by atoms with E-state index < -0.39 is 9.84 Å². The van der Waals surface area contributed by atoms with Crippen LogP contribution in [0.2, 0.25) is 0 Å². The van der Waals surface area contributed by atoms with Crippen molar-refractivity contribution in [1.82, 2.24) is 4.90 Å². The normalized spacial score (nSPS) is 17.4. The molecule has 1 amide bonds. The topological polar surface area (TPSA) is 72.9 Å². The summed E-state index contributed by atoms with van der Waals surface area (Å²) in [6.07, 6.45) is 1.89. The maximum absolute atomic E-state index is 12.7. The van der Waals surface area contributed by atoms with Crippen LogP contribution in [0.4, 0.5) is 0 Å². The Balaban J connectivity index is 2.36. The van der Waals surface area contributed by atoms with Gasteiger partial charge in [-0.2, -0.15) is 0 Å². The number of benzene rings is 1. The zero-order valence-corrected chi connectivity index (χ0v) is 16.4. The van der Waals surface area contributed by atoms with E-state index in [1.165, 1.54) is 0 Å². The highest BCUT2D eigenvalue weighted by molar-refractivity contribution is 7.90. The van der Waals surface area contributed by atoms with Crippen molar-refractivity contribution in [2.45, 2.75) is 32.7 Å². The molecule has 1 aromatic carbocycles. The summed E-state index contributed by atoms with van der Waals surface area (Å²) in [4.78, 5) is 14.5. The van der Waals surface area contributed by atoms with Gasteiger partial charge < -0.3 is 14.4 Å². The molecule has 0 aliphatic carbocycles. The molecule has 7 heteroatoms. The van der Waals surface area contributed by atoms with Gasteiger partial charge >= 0.3 is 0 Å². The van der Waals surface area contributed by atoms with E-state index in [0.717, 1.165) is 17.4 Å². The molecule has 0 fully saturated rings. The Bertz CT molecular complexity index is 742. The Morgan fingerprint density at radius 2 is 1.84 bits per heavy atom. The molecule has 0 aromatic heterocycles. The van der Waals surface area contributed by atoms with Crippen molar-refractivity contribution >= 4 is 15.7 Å². The molecule has 0 saturated carbocycles. The number of carbonyl (C=O) groups is 1. The van der Waals surface area contributed by atoms with Gasteiger partial charge in [0.05, 0.1) is 26.0 Å². The molecular formula is C18H27NO5S. The summed E-state index contributed by atoms with van der Waals surface area (Å²) in [6, 6.07) is 3.81. The minimum Gasteiger partial charge on any atom is -0.493 e. The number of amides is 1. The summed E-state index contributed by atoms with van der Waals surface area (Å²) >= 11 is 0. The number of methoxy groups -OCH3 is 2. The lowest BCUT2D eigenvalue weighted by atomic mass is 9.85. The van der Waals surface area contributed by atoms with Gasteiger partial charge in [-0.1, -0.05) is 13.8 Å². The maximum Gasteiger partial charge on any atom is 0.224 e. The first-order valence-electron chi connectivity index (χ1n) is 8.40. The highest BCUT2D eigenvalue weighted by atomic mass is 32.2. The monoisotopic (exact) mass is 369 g/mol. The van der Waals surface area contributed by atoms with Crippen molar-refractivity contribution in [3.63, 3.8) is 0 Å². The second-order valence-corrected chi connectivity index (χ2v) is 9.07. The number of rotatable bonds is 6. The molecule has 1 atom stereocenters. The lowest BCUT2D eigenvalue weighted by Gasteiger charge is -2.40. The molecule has 2 rings (SSSR count). The molecule has 1 heterocycles. The van der Waals surface area contributed by atoms with Gasteiger partial charge in [-0.3, -0.25) is 4.79 Å². The largest absolute Gasteiger partial charge is 0.493 e. The summed E-state index contributed by atoms with van der Waals surface area (Å²) < 4.78 is 33.6. The smallest absolute Gasteiger partial charge is 0.224 e. The summed E-state index contributed by atoms with van der Waals surface area (Å²) in [6.45, 7) is 4.70. The van der Waals surface area contributed by atoms with Crippen molar-refractivity contribution in [3.8, 4) is 11.5 Å². The third-order valence-corrected chi connectivity index (χ3v) is 5.51. The van der Waals surface area contributed by atoms with E-state index in [4.69, 9.17) is 9.47 Å². The van der Waals surface area contributed by atoms with Crippen molar-refractivity contribution in [2.24, 2.45) is 5.92 Å². The number of hydrogen-bond donors (Lipinski definition) is 0. The van der Waals surface area contributed by atoms with E-state index >= 15 is 0 Å². The molecule has 140 valence electrons. The first kappa shape index (κ1) is 19.6. The van der Waals surface area contributed by atoms with Crippen LogP contribution in [-0.4, -0.2) is 52.0 Å². The Labute approximate surface area is 150 Å². The van der Waals surface area contributed by atoms with Crippen molar-refractivity contribution < 1.29 is 22.7 Å². The number of ether oxygens (including phenoxy) is 2. The average Bonchev–Trinajstić information content (AvgIpc) is 2.56. The van der Waals surface area contributed by atoms with Crippen LogP contribution in [0.1, 0.15) is 37.4 Å². The van der Waals surface area contributed by atoms with E-state index in [2.05, 4.69) is 13.8 Å². The molecule has 0 spiro atoms. The molecule has 0 saturated heterocycles. The highest BCUT2D eigenvalue weighted by Gasteiger charge is 2.34. The highest BCUT2D eigenvalue weighted by Crippen LogP contribution is 2.41. The van der Waals surface area contributed by atoms with Crippen LogP contribution in [0.15, 0.2) is 12.1 Å². The van der Waals surface area contributed by atoms with Gasteiger partial charge in [0.1, 0.15) is 9.84 Å². The van der Waals surface area contributed by atoms with Crippen LogP contribution in [0.25, 0.3) is 0 Å². The van der Waals surface area contributed by atoms with Crippen molar-refractivity contribution in [2.75, 3.05) is 32.8 Å². The third-order valence-electron chi connectivity index (χ3n) is 4.56. The van der Waals surface area contributed by atoms with Crippen LogP contribution in [0.3, 0.4) is 0 Å². The standard InChI is InChI=1S/C18H27NO5S/c1-12(2)18-14-11-16(24-4)15(23-3)10-13(14)6-8-19(18)17(20)7-9-25(5,21)22/h10-12,18H,6-9H2,1-5H3. The number of nitrogens with zero attached hydrogens (tertiary/aromatic N) is 1. The van der Waals surface area contributed by atoms with E-state index in [-0.39, 0.29) is 30.0 Å². The van der Waals surface area contributed by atoms with Gasteiger partial charge in [0, 0.05) is 19.2 Å². The van der Waals surface area contributed by atoms with Crippen molar-refractivity contribution in [3.05, 3.63) is 23.3 Å². The second-order valence-electron chi connectivity index (χ2n) is 6.81. The van der Waals surface area contributed by atoms with Gasteiger partial charge in [-0.15, -0.1) is 0 Å². The summed E-state index contributed by atoms with van der Waals surface area (Å²) in [5.74, 6) is 1.27. The fraction of sp³-hybridized carbons (Fsp3) is 0.611. The number of carbonyl (C=O) groups excluding carboxylic acids is 1. The molecule has 1 aliphatic rings. The first-order valence-corrected chi connectivity index (χ1v) is 10.5. The Kier molecular flexibility index (Phi) is 5.98. The summed E-state index contributed by atoms with van der Waals surface area (Å²) in [5, 5.41) is 0. The van der Waals surface area contributed by atoms with Crippen LogP contribution in [-0.2, 0) is 21.1 Å². The molecule has 25 heavy (non-hydrogen) atoms. The Hall–Kier alpha value is -1.76. The van der Waals surface area contributed by atoms with Crippen LogP contribution in [0.5, 0.6) is 11.5 Å². The van der Waals surface area contributed by atoms with Gasteiger partial charge in [-0.25, -0.2) is 8.42 Å². The molecule has 6 nitrogen and oxygen atoms in total. The molecule has 1 unspecified atom stereocenters. The molecule has 1 aromatic rings. The summed E-state index contributed by atoms with van der Waals surface area (Å²) in [5.41, 5.74) is 2.19. The Morgan fingerprint density at radius 3 is 2.36 bits per heavy atom. The number of hydrogen-bond acceptors (Lipinski definition) is 5. The Morgan fingerprint density at radius 1 is 1.24 bits per heavy atom. The second kappa shape index (κ2) is 7.64. The van der Waals surface area contributed by atoms with E-state index in [1.807, 2.05) is 17.0 Å². The molecule has 1 aliphatic heterocycles. The quantitative estimate of drug-likeness (QED) is 0.769. The van der Waals surface area contributed by atoms with Crippen LogP contribution < -0.4 is 9.47 Å². The van der Waals surface area contributed by atoms with Gasteiger partial charge in [0.15, 0.2) is 11.5 Å². The van der Waals surface area contributed by atoms with Gasteiger partial charge in [0.25, 0.3) is 0 Å². The fourth-order valence-corrected chi connectivity index (χ4v) is 3.94. The molecule has 0 bridgehead atoms. The van der Waals surface area contributed by atoms with E-state index in [1.54, 1.807) is 14.2 Å². The molecule has 0 N–H and O–H groups in total. The van der Waals surface area contributed by atoms with Crippen LogP contribution in [0, 0.1) is 5.92 Å². The zero-order valence-electron chi connectivity index (χ0n) is 15.5. The third kappa shape index (κ3) is 4.45. The maximum atomic E-state index is 12.7. The lowest BCUT2D eigenvalue weighted by molar-refractivity contribution is -0.134. The zero-order chi connectivity index (χ0) is 18.8. The summed E-state index contributed by atoms with van der Waals surface area (Å²) in [7, 11) is 0.0351. The minimum absolute atomic E-state index is 0.0185. The van der Waals surface area contributed by atoms with Gasteiger partial charge in [-0.05, 0) is 35.6 Å². The molecule has 0 radical (unpaired) electrons. The first-order chi connectivity index (χ1) is 11.7. The SMILES string of the molecule is COc1cc2c(cc1OC)C(C(C)C)N(C(=O)CCS(C)(=O)=O)CC2. The number of fused-ring (bicyclic) bond motifs is 1. The van der Waals surface area contributed by atoms with Crippen molar-refractivity contribution in [1.29, 1.82) is 0 Å². The lowest BCUT2D eigenvalue weighted by Crippen LogP contribution is -2.42. The van der Waals surface area contributed by atoms with Crippen LogP contribution >= 0.6 is 0 Å². The fourth-order valence-electron chi connectivity index (χ4n) is 3.39.